The summed E-state index contributed by atoms with van der Waals surface area (Å²) in [7, 11) is 3.95. The highest BCUT2D eigenvalue weighted by Crippen LogP contribution is 2.34. The van der Waals surface area contributed by atoms with Gasteiger partial charge in [0.2, 0.25) is 5.91 Å². The molecule has 8 heteroatoms. The lowest BCUT2D eigenvalue weighted by Crippen LogP contribution is -2.37. The maximum absolute atomic E-state index is 13.1. The highest BCUT2D eigenvalue weighted by Gasteiger charge is 2.21. The smallest absolute Gasteiger partial charge is 0.239 e. The van der Waals surface area contributed by atoms with Gasteiger partial charge >= 0.3 is 0 Å². The first kappa shape index (κ1) is 21.5. The lowest BCUT2D eigenvalue weighted by atomic mass is 10.3. The Hall–Kier alpha value is -2.16. The number of benzene rings is 2. The van der Waals surface area contributed by atoms with Crippen LogP contribution in [0, 0.1) is 5.82 Å². The number of carbonyl (C=O) groups excluding carboxylic acids is 1. The van der Waals surface area contributed by atoms with E-state index in [1.54, 1.807) is 17.0 Å². The van der Waals surface area contributed by atoms with Crippen molar-refractivity contribution in [1.29, 1.82) is 0 Å². The van der Waals surface area contributed by atoms with Gasteiger partial charge in [-0.1, -0.05) is 17.4 Å². The molecule has 0 fully saturated rings. The molecule has 0 aliphatic carbocycles. The van der Waals surface area contributed by atoms with Gasteiger partial charge in [-0.3, -0.25) is 9.69 Å². The molecule has 1 aromatic heterocycles. The molecule has 0 aliphatic heterocycles. The number of para-hydroxylation sites is 1. The summed E-state index contributed by atoms with van der Waals surface area (Å²) in [6.07, 6.45) is 0. The van der Waals surface area contributed by atoms with Gasteiger partial charge in [-0.15, -0.1) is 11.8 Å². The average Bonchev–Trinajstić information content (AvgIpc) is 3.12. The molecule has 3 aromatic rings. The van der Waals surface area contributed by atoms with Crippen LogP contribution < -0.4 is 9.64 Å². The largest absolute Gasteiger partial charge is 0.492 e. The highest BCUT2D eigenvalue weighted by molar-refractivity contribution is 8.00. The summed E-state index contributed by atoms with van der Waals surface area (Å²) in [5.41, 5.74) is 0.781. The summed E-state index contributed by atoms with van der Waals surface area (Å²) in [5, 5.41) is 0.665. The summed E-state index contributed by atoms with van der Waals surface area (Å²) in [6.45, 7) is 3.76. The van der Waals surface area contributed by atoms with Gasteiger partial charge < -0.3 is 9.64 Å². The molecule has 0 unspecified atom stereocenters. The first-order valence-corrected chi connectivity index (χ1v) is 11.1. The summed E-state index contributed by atoms with van der Waals surface area (Å²) >= 11 is 2.88. The lowest BCUT2D eigenvalue weighted by Gasteiger charge is -2.21. The van der Waals surface area contributed by atoms with E-state index in [1.165, 1.54) is 35.2 Å². The van der Waals surface area contributed by atoms with Crippen LogP contribution in [-0.2, 0) is 4.79 Å². The van der Waals surface area contributed by atoms with Crippen molar-refractivity contribution in [3.63, 3.8) is 0 Å². The molecule has 0 radical (unpaired) electrons. The molecule has 0 saturated carbocycles. The van der Waals surface area contributed by atoms with E-state index in [-0.39, 0.29) is 17.5 Å². The molecule has 1 heterocycles. The van der Waals surface area contributed by atoms with Crippen molar-refractivity contribution in [1.82, 2.24) is 9.88 Å². The topological polar surface area (TPSA) is 45.7 Å². The number of likely N-dealkylation sites (N-methyl/N-ethyl adjacent to an activating group) is 1. The summed E-state index contributed by atoms with van der Waals surface area (Å²) in [5.74, 6) is 0.673. The van der Waals surface area contributed by atoms with Crippen LogP contribution in [0.15, 0.2) is 47.4 Å². The number of thiazole rings is 1. The summed E-state index contributed by atoms with van der Waals surface area (Å²) < 4.78 is 19.8. The van der Waals surface area contributed by atoms with Gasteiger partial charge in [0.25, 0.3) is 0 Å². The van der Waals surface area contributed by atoms with Crippen molar-refractivity contribution in [3.05, 3.63) is 48.3 Å². The third kappa shape index (κ3) is 5.68. The Labute approximate surface area is 178 Å². The summed E-state index contributed by atoms with van der Waals surface area (Å²) in [4.78, 5) is 22.4. The van der Waals surface area contributed by atoms with E-state index in [4.69, 9.17) is 9.72 Å². The predicted molar refractivity (Wildman–Crippen MR) is 119 cm³/mol. The van der Waals surface area contributed by atoms with Crippen LogP contribution in [0.3, 0.4) is 0 Å². The molecule has 5 nitrogen and oxygen atoms in total. The van der Waals surface area contributed by atoms with Crippen molar-refractivity contribution < 1.29 is 13.9 Å². The lowest BCUT2D eigenvalue weighted by molar-refractivity contribution is -0.116. The standard InChI is InChI=1S/C21H24FN3O2S2/c1-4-27-17-6-5-7-18-20(17)23-21(29-18)25(13-12-24(2)3)19(26)14-28-16-10-8-15(22)9-11-16/h5-11H,4,12-14H2,1-3H3. The van der Waals surface area contributed by atoms with Gasteiger partial charge in [-0.05, 0) is 57.4 Å². The molecule has 154 valence electrons. The number of hydrogen-bond acceptors (Lipinski definition) is 6. The van der Waals surface area contributed by atoms with E-state index in [0.717, 1.165) is 27.4 Å². The number of amides is 1. The zero-order chi connectivity index (χ0) is 20.8. The maximum atomic E-state index is 13.1. The van der Waals surface area contributed by atoms with E-state index >= 15 is 0 Å². The quantitative estimate of drug-likeness (QED) is 0.464. The van der Waals surface area contributed by atoms with Gasteiger partial charge in [0.15, 0.2) is 5.13 Å². The molecule has 2 aromatic carbocycles. The SMILES string of the molecule is CCOc1cccc2sc(N(CCN(C)C)C(=O)CSc3ccc(F)cc3)nc12. The van der Waals surface area contributed by atoms with Crippen molar-refractivity contribution in [3.8, 4) is 5.75 Å². The van der Waals surface area contributed by atoms with Crippen molar-refractivity contribution in [2.45, 2.75) is 11.8 Å². The van der Waals surface area contributed by atoms with Crippen LogP contribution in [0.4, 0.5) is 9.52 Å². The summed E-state index contributed by atoms with van der Waals surface area (Å²) in [6, 6.07) is 12.0. The number of rotatable bonds is 9. The van der Waals surface area contributed by atoms with Gasteiger partial charge in [0.1, 0.15) is 17.1 Å². The first-order chi connectivity index (χ1) is 14.0. The number of anilines is 1. The van der Waals surface area contributed by atoms with E-state index in [0.29, 0.717) is 18.3 Å². The number of hydrogen-bond donors (Lipinski definition) is 0. The normalized spacial score (nSPS) is 11.2. The van der Waals surface area contributed by atoms with Crippen LogP contribution in [0.1, 0.15) is 6.92 Å². The Morgan fingerprint density at radius 1 is 1.17 bits per heavy atom. The molecule has 0 atom stereocenters. The third-order valence-corrected chi connectivity index (χ3v) is 6.19. The Morgan fingerprint density at radius 2 is 1.93 bits per heavy atom. The molecular weight excluding hydrogens is 409 g/mol. The minimum atomic E-state index is -0.284. The Kier molecular flexibility index (Phi) is 7.46. The highest BCUT2D eigenvalue weighted by atomic mass is 32.2. The minimum absolute atomic E-state index is 0.0295. The maximum Gasteiger partial charge on any atom is 0.239 e. The van der Waals surface area contributed by atoms with E-state index < -0.39 is 0 Å². The number of nitrogens with zero attached hydrogens (tertiary/aromatic N) is 3. The molecule has 0 bridgehead atoms. The van der Waals surface area contributed by atoms with Crippen LogP contribution in [-0.4, -0.2) is 55.3 Å². The molecule has 0 aliphatic rings. The fourth-order valence-corrected chi connectivity index (χ4v) is 4.48. The van der Waals surface area contributed by atoms with E-state index in [9.17, 15) is 9.18 Å². The van der Waals surface area contributed by atoms with Crippen LogP contribution in [0.25, 0.3) is 10.2 Å². The Bertz CT molecular complexity index is 960. The molecule has 3 rings (SSSR count). The number of aromatic nitrogens is 1. The number of carbonyl (C=O) groups is 1. The minimum Gasteiger partial charge on any atom is -0.492 e. The molecule has 0 spiro atoms. The second kappa shape index (κ2) is 10.0. The number of thioether (sulfide) groups is 1. The van der Waals surface area contributed by atoms with Gasteiger partial charge in [-0.2, -0.15) is 0 Å². The van der Waals surface area contributed by atoms with Gasteiger partial charge in [0, 0.05) is 18.0 Å². The fourth-order valence-electron chi connectivity index (χ4n) is 2.68. The molecule has 0 N–H and O–H groups in total. The van der Waals surface area contributed by atoms with Crippen LogP contribution in [0.2, 0.25) is 0 Å². The number of ether oxygens (including phenoxy) is 1. The first-order valence-electron chi connectivity index (χ1n) is 9.33. The van der Waals surface area contributed by atoms with Crippen LogP contribution in [0.5, 0.6) is 5.75 Å². The average molecular weight is 434 g/mol. The van der Waals surface area contributed by atoms with Crippen molar-refractivity contribution in [2.75, 3.05) is 44.4 Å². The molecule has 29 heavy (non-hydrogen) atoms. The second-order valence-electron chi connectivity index (χ2n) is 6.62. The number of halogens is 1. The monoisotopic (exact) mass is 433 g/mol. The van der Waals surface area contributed by atoms with E-state index in [1.807, 2.05) is 44.1 Å². The van der Waals surface area contributed by atoms with E-state index in [2.05, 4.69) is 0 Å². The fraction of sp³-hybridized carbons (Fsp3) is 0.333. The third-order valence-electron chi connectivity index (χ3n) is 4.15. The van der Waals surface area contributed by atoms with Gasteiger partial charge in [-0.25, -0.2) is 9.37 Å². The van der Waals surface area contributed by atoms with Gasteiger partial charge in [0.05, 0.1) is 17.1 Å². The van der Waals surface area contributed by atoms with Crippen molar-refractivity contribution in [2.24, 2.45) is 0 Å². The zero-order valence-electron chi connectivity index (χ0n) is 16.7. The molecule has 1 amide bonds. The Balaban J connectivity index is 1.82. The predicted octanol–water partition coefficient (Wildman–Crippen LogP) is 4.52. The number of fused-ring (bicyclic) bond motifs is 1. The zero-order valence-corrected chi connectivity index (χ0v) is 18.4. The van der Waals surface area contributed by atoms with Crippen LogP contribution >= 0.6 is 23.1 Å². The second-order valence-corrected chi connectivity index (χ2v) is 8.68. The molecular formula is C21H24FN3O2S2. The Morgan fingerprint density at radius 3 is 2.62 bits per heavy atom. The molecule has 0 saturated heterocycles. The van der Waals surface area contributed by atoms with Crippen molar-refractivity contribution >= 4 is 44.4 Å².